The lowest BCUT2D eigenvalue weighted by molar-refractivity contribution is 0.208. The topological polar surface area (TPSA) is 99.6 Å². The number of ether oxygens (including phenoxy) is 2. The zero-order chi connectivity index (χ0) is 19.3. The summed E-state index contributed by atoms with van der Waals surface area (Å²) in [7, 11) is 3.08. The fourth-order valence-electron chi connectivity index (χ4n) is 3.23. The van der Waals surface area contributed by atoms with Crippen LogP contribution in [-0.2, 0) is 0 Å². The maximum absolute atomic E-state index is 11.1. The van der Waals surface area contributed by atoms with Crippen molar-refractivity contribution in [2.24, 2.45) is 0 Å². The van der Waals surface area contributed by atoms with Gasteiger partial charge in [0.05, 0.1) is 32.3 Å². The fourth-order valence-corrected chi connectivity index (χ4v) is 4.53. The molecule has 0 radical (unpaired) electrons. The first-order chi connectivity index (χ1) is 13.7. The molecule has 4 aromatic heterocycles. The number of pyridine rings is 1. The van der Waals surface area contributed by atoms with Crippen molar-refractivity contribution in [3.05, 3.63) is 47.1 Å². The van der Waals surface area contributed by atoms with Gasteiger partial charge in [-0.3, -0.25) is 4.40 Å². The first-order valence-electron chi connectivity index (χ1n) is 8.84. The third-order valence-corrected chi connectivity index (χ3v) is 6.06. The van der Waals surface area contributed by atoms with Gasteiger partial charge in [-0.25, -0.2) is 9.67 Å². The number of hydrogen-bond acceptors (Lipinski definition) is 8. The Morgan fingerprint density at radius 1 is 1.25 bits per heavy atom. The zero-order valence-electron chi connectivity index (χ0n) is 15.3. The van der Waals surface area contributed by atoms with Crippen LogP contribution in [0.5, 0.6) is 11.6 Å². The lowest BCUT2D eigenvalue weighted by Crippen LogP contribution is -2.06. The molecule has 1 unspecified atom stereocenters. The van der Waals surface area contributed by atoms with Crippen molar-refractivity contribution in [1.82, 2.24) is 29.4 Å². The second-order valence-corrected chi connectivity index (χ2v) is 7.66. The second-order valence-electron chi connectivity index (χ2n) is 6.60. The number of aliphatic hydroxyl groups is 1. The molecule has 1 atom stereocenters. The molecule has 1 saturated carbocycles. The standard InChI is InChI=1S/C18H18N6O3S/c1-26-12-5-6-13(20-18(12)27-2)24-8-11(21-22-24)16(25)15-17(10-3-4-10)28-14-7-19-9-23(14)15/h5-10,16,25H,3-4H2,1-2H3. The number of nitrogens with zero attached hydrogens (tertiary/aromatic N) is 6. The molecule has 28 heavy (non-hydrogen) atoms. The maximum Gasteiger partial charge on any atom is 0.258 e. The van der Waals surface area contributed by atoms with E-state index in [1.165, 1.54) is 16.7 Å². The molecule has 4 heterocycles. The Morgan fingerprint density at radius 3 is 2.86 bits per heavy atom. The number of aliphatic hydroxyl groups excluding tert-OH is 1. The van der Waals surface area contributed by atoms with Gasteiger partial charge in [-0.05, 0) is 30.9 Å². The van der Waals surface area contributed by atoms with Crippen LogP contribution in [0, 0.1) is 0 Å². The van der Waals surface area contributed by atoms with Gasteiger partial charge < -0.3 is 14.6 Å². The van der Waals surface area contributed by atoms with E-state index in [0.29, 0.717) is 29.1 Å². The van der Waals surface area contributed by atoms with Crippen molar-refractivity contribution in [2.45, 2.75) is 24.9 Å². The number of thiazole rings is 1. The molecule has 4 aromatic rings. The molecule has 0 bridgehead atoms. The Morgan fingerprint density at radius 2 is 2.11 bits per heavy atom. The molecule has 5 rings (SSSR count). The highest BCUT2D eigenvalue weighted by atomic mass is 32.1. The summed E-state index contributed by atoms with van der Waals surface area (Å²) in [6, 6.07) is 3.50. The minimum Gasteiger partial charge on any atom is -0.491 e. The summed E-state index contributed by atoms with van der Waals surface area (Å²) in [5.41, 5.74) is 1.28. The van der Waals surface area contributed by atoms with Crippen LogP contribution in [0.25, 0.3) is 10.6 Å². The van der Waals surface area contributed by atoms with Crippen molar-refractivity contribution in [2.75, 3.05) is 14.2 Å². The summed E-state index contributed by atoms with van der Waals surface area (Å²) in [5, 5.41) is 19.4. The van der Waals surface area contributed by atoms with E-state index in [9.17, 15) is 5.11 Å². The lowest BCUT2D eigenvalue weighted by atomic mass is 10.1. The van der Waals surface area contributed by atoms with Gasteiger partial charge in [0, 0.05) is 4.88 Å². The number of imidazole rings is 1. The summed E-state index contributed by atoms with van der Waals surface area (Å²) in [5.74, 6) is 1.91. The van der Waals surface area contributed by atoms with E-state index in [1.807, 2.05) is 10.6 Å². The molecular weight excluding hydrogens is 380 g/mol. The number of hydrogen-bond donors (Lipinski definition) is 1. The van der Waals surface area contributed by atoms with E-state index in [2.05, 4.69) is 20.3 Å². The summed E-state index contributed by atoms with van der Waals surface area (Å²) in [6.45, 7) is 0. The number of aromatic nitrogens is 6. The van der Waals surface area contributed by atoms with E-state index in [0.717, 1.165) is 23.4 Å². The molecule has 0 aromatic carbocycles. The first-order valence-corrected chi connectivity index (χ1v) is 9.65. The molecule has 1 aliphatic rings. The highest BCUT2D eigenvalue weighted by Gasteiger charge is 2.33. The Kier molecular flexibility index (Phi) is 4.02. The highest BCUT2D eigenvalue weighted by molar-refractivity contribution is 7.17. The lowest BCUT2D eigenvalue weighted by Gasteiger charge is -2.09. The Bertz CT molecular complexity index is 1150. The molecule has 1 aliphatic carbocycles. The SMILES string of the molecule is COc1ccc(-n2cc(C(O)c3c(C4CC4)sc4cncn34)nn2)nc1OC. The number of rotatable bonds is 6. The van der Waals surface area contributed by atoms with Gasteiger partial charge in [0.1, 0.15) is 23.0 Å². The van der Waals surface area contributed by atoms with Crippen LogP contribution >= 0.6 is 11.3 Å². The summed E-state index contributed by atoms with van der Waals surface area (Å²) >= 11 is 1.68. The average Bonchev–Trinajstić information content (AvgIpc) is 3.13. The molecule has 9 nitrogen and oxygen atoms in total. The van der Waals surface area contributed by atoms with Crippen LogP contribution in [0.15, 0.2) is 30.9 Å². The number of methoxy groups -OCH3 is 2. The van der Waals surface area contributed by atoms with Crippen LogP contribution in [0.4, 0.5) is 0 Å². The largest absolute Gasteiger partial charge is 0.491 e. The van der Waals surface area contributed by atoms with E-state index in [1.54, 1.807) is 43.1 Å². The molecule has 0 spiro atoms. The Hall–Kier alpha value is -2.98. The smallest absolute Gasteiger partial charge is 0.258 e. The maximum atomic E-state index is 11.1. The van der Waals surface area contributed by atoms with Crippen molar-refractivity contribution in [3.8, 4) is 17.4 Å². The Labute approximate surface area is 164 Å². The highest BCUT2D eigenvalue weighted by Crippen LogP contribution is 2.47. The molecular formula is C18H18N6O3S. The summed E-state index contributed by atoms with van der Waals surface area (Å²) in [4.78, 5) is 10.8. The fraction of sp³-hybridized carbons (Fsp3) is 0.333. The quantitative estimate of drug-likeness (QED) is 0.532. The Balaban J connectivity index is 1.52. The molecule has 1 fully saturated rings. The summed E-state index contributed by atoms with van der Waals surface area (Å²) < 4.78 is 13.9. The van der Waals surface area contributed by atoms with Crippen molar-refractivity contribution < 1.29 is 14.6 Å². The van der Waals surface area contributed by atoms with Gasteiger partial charge in [-0.2, -0.15) is 4.98 Å². The van der Waals surface area contributed by atoms with Crippen molar-refractivity contribution in [1.29, 1.82) is 0 Å². The molecule has 1 N–H and O–H groups in total. The minimum atomic E-state index is -0.896. The van der Waals surface area contributed by atoms with Crippen LogP contribution in [0.1, 0.15) is 41.1 Å². The van der Waals surface area contributed by atoms with Gasteiger partial charge in [0.2, 0.25) is 0 Å². The van der Waals surface area contributed by atoms with E-state index in [-0.39, 0.29) is 0 Å². The third-order valence-electron chi connectivity index (χ3n) is 4.79. The van der Waals surface area contributed by atoms with Crippen LogP contribution < -0.4 is 9.47 Å². The molecule has 144 valence electrons. The predicted octanol–water partition coefficient (Wildman–Crippen LogP) is 2.35. The first kappa shape index (κ1) is 17.1. The summed E-state index contributed by atoms with van der Waals surface area (Å²) in [6.07, 6.45) is 6.63. The predicted molar refractivity (Wildman–Crippen MR) is 101 cm³/mol. The molecule has 0 aliphatic heterocycles. The normalized spacial score (nSPS) is 15.1. The average molecular weight is 398 g/mol. The molecule has 0 saturated heterocycles. The van der Waals surface area contributed by atoms with E-state index in [4.69, 9.17) is 9.47 Å². The van der Waals surface area contributed by atoms with Gasteiger partial charge in [0.25, 0.3) is 5.88 Å². The van der Waals surface area contributed by atoms with Gasteiger partial charge in [-0.1, -0.05) is 5.21 Å². The van der Waals surface area contributed by atoms with Crippen LogP contribution in [0.2, 0.25) is 0 Å². The third kappa shape index (κ3) is 2.72. The van der Waals surface area contributed by atoms with Crippen molar-refractivity contribution >= 4 is 16.2 Å². The monoisotopic (exact) mass is 398 g/mol. The zero-order valence-corrected chi connectivity index (χ0v) is 16.1. The molecule has 0 amide bonds. The second kappa shape index (κ2) is 6.57. The van der Waals surface area contributed by atoms with Crippen LogP contribution in [-0.4, -0.2) is 48.7 Å². The van der Waals surface area contributed by atoms with Gasteiger partial charge >= 0.3 is 0 Å². The van der Waals surface area contributed by atoms with Gasteiger partial charge in [-0.15, -0.1) is 16.4 Å². The van der Waals surface area contributed by atoms with Crippen LogP contribution in [0.3, 0.4) is 0 Å². The number of fused-ring (bicyclic) bond motifs is 1. The van der Waals surface area contributed by atoms with E-state index >= 15 is 0 Å². The molecule has 10 heteroatoms. The van der Waals surface area contributed by atoms with E-state index < -0.39 is 6.10 Å². The van der Waals surface area contributed by atoms with Gasteiger partial charge in [0.15, 0.2) is 11.6 Å². The minimum absolute atomic E-state index is 0.353. The van der Waals surface area contributed by atoms with Crippen molar-refractivity contribution in [3.63, 3.8) is 0 Å².